The molecule has 0 saturated carbocycles. The Morgan fingerprint density at radius 1 is 0.378 bits per heavy atom. The van der Waals surface area contributed by atoms with Crippen LogP contribution in [0.2, 0.25) is 0 Å². The van der Waals surface area contributed by atoms with Crippen molar-refractivity contribution < 1.29 is 146 Å². The van der Waals surface area contributed by atoms with Gasteiger partial charge in [-0.3, -0.25) is 4.18 Å². The third kappa shape index (κ3) is 11.4. The van der Waals surface area contributed by atoms with E-state index >= 15 is 0 Å². The molecule has 0 aromatic heterocycles. The summed E-state index contributed by atoms with van der Waals surface area (Å²) in [5, 5.41) is 167. The molecule has 424 valence electrons. The number of benzene rings is 1. The third-order valence-electron chi connectivity index (χ3n) is 14.1. The molecule has 22 aliphatic heterocycles. The molecular formula is C43H66O30S. The van der Waals surface area contributed by atoms with Crippen molar-refractivity contribution >= 4 is 10.1 Å². The number of aryl methyl sites for hydroxylation is 1. The van der Waals surface area contributed by atoms with Crippen molar-refractivity contribution in [2.45, 2.75) is 210 Å². The van der Waals surface area contributed by atoms with Crippen LogP contribution >= 0.6 is 0 Å². The van der Waals surface area contributed by atoms with Gasteiger partial charge in [0.15, 0.2) is 43.8 Å². The average Bonchev–Trinajstić information content (AvgIpc) is 3.37. The molecule has 30 atom stereocenters. The highest BCUT2D eigenvalue weighted by Crippen LogP contribution is 2.39. The molecule has 22 fully saturated rings. The minimum absolute atomic E-state index is 0.407. The van der Waals surface area contributed by atoms with E-state index in [9.17, 15) is 85.0 Å². The summed E-state index contributed by atoms with van der Waals surface area (Å²) in [6.07, 6.45) is -57.4. The Labute approximate surface area is 421 Å². The summed E-state index contributed by atoms with van der Waals surface area (Å²) in [5.41, 5.74) is 0.665. The topological polar surface area (TPSA) is 458 Å². The van der Waals surface area contributed by atoms with Gasteiger partial charge in [-0.1, -0.05) is 17.7 Å². The third-order valence-corrected chi connectivity index (χ3v) is 15.4. The Hall–Kier alpha value is -1.95. The van der Waals surface area contributed by atoms with Gasteiger partial charge in [-0.15, -0.1) is 0 Å². The van der Waals surface area contributed by atoms with Crippen molar-refractivity contribution in [3.63, 3.8) is 0 Å². The second kappa shape index (κ2) is 23.8. The molecule has 1 aromatic rings. The fourth-order valence-corrected chi connectivity index (χ4v) is 10.9. The molecule has 23 rings (SSSR count). The van der Waals surface area contributed by atoms with Gasteiger partial charge >= 0.3 is 0 Å². The normalized spacial score (nSPS) is 50.8. The lowest BCUT2D eigenvalue weighted by Gasteiger charge is -2.50. The van der Waals surface area contributed by atoms with Crippen LogP contribution in [-0.4, -0.2) is 296 Å². The quantitative estimate of drug-likeness (QED) is 0.113. The molecule has 1 aromatic carbocycles. The average molecular weight is 1100 g/mol. The van der Waals surface area contributed by atoms with Crippen LogP contribution < -0.4 is 0 Å². The van der Waals surface area contributed by atoms with Crippen molar-refractivity contribution in [1.82, 2.24) is 0 Å². The smallest absolute Gasteiger partial charge is 0.297 e. The van der Waals surface area contributed by atoms with Crippen LogP contribution in [0.5, 0.6) is 0 Å². The summed E-state index contributed by atoms with van der Waals surface area (Å²) < 4.78 is 103. The molecule has 0 aliphatic carbocycles. The number of aliphatic hydroxyl groups excluding tert-OH is 15. The van der Waals surface area contributed by atoms with Crippen LogP contribution in [0.15, 0.2) is 29.2 Å². The zero-order valence-corrected chi connectivity index (χ0v) is 40.5. The number of aliphatic hydroxyl groups is 15. The van der Waals surface area contributed by atoms with E-state index in [1.54, 1.807) is 6.92 Å². The van der Waals surface area contributed by atoms with Gasteiger partial charge in [0.05, 0.1) is 43.5 Å². The van der Waals surface area contributed by atoms with Crippen molar-refractivity contribution in [1.29, 1.82) is 0 Å². The van der Waals surface area contributed by atoms with Gasteiger partial charge < -0.3 is 133 Å². The highest BCUT2D eigenvalue weighted by atomic mass is 32.2. The summed E-state index contributed by atoms with van der Waals surface area (Å²) in [6.45, 7) is 0.302. The first-order chi connectivity index (χ1) is 35.0. The Balaban J connectivity index is 1.12. The Bertz CT molecular complexity index is 2070. The Morgan fingerprint density at radius 2 is 0.649 bits per heavy atom. The van der Waals surface area contributed by atoms with Crippen LogP contribution in [0.4, 0.5) is 0 Å². The predicted molar refractivity (Wildman–Crippen MR) is 230 cm³/mol. The molecule has 0 radical (unpaired) electrons. The van der Waals surface area contributed by atoms with Crippen LogP contribution in [0.25, 0.3) is 0 Å². The Kier molecular flexibility index (Phi) is 18.7. The van der Waals surface area contributed by atoms with E-state index in [0.29, 0.717) is 5.56 Å². The first kappa shape index (κ1) is 58.2. The van der Waals surface area contributed by atoms with Gasteiger partial charge in [-0.2, -0.15) is 8.42 Å². The fourth-order valence-electron chi connectivity index (χ4n) is 9.87. The van der Waals surface area contributed by atoms with Crippen molar-refractivity contribution in [2.75, 3.05) is 26.4 Å². The Morgan fingerprint density at radius 3 is 0.986 bits per heavy atom. The van der Waals surface area contributed by atoms with Gasteiger partial charge in [-0.05, 0) is 32.9 Å². The zero-order valence-electron chi connectivity index (χ0n) is 39.7. The molecule has 30 nitrogen and oxygen atoms in total. The van der Waals surface area contributed by atoms with Gasteiger partial charge in [-0.25, -0.2) is 0 Å². The first-order valence-corrected chi connectivity index (χ1v) is 25.2. The molecule has 22 saturated heterocycles. The van der Waals surface area contributed by atoms with E-state index in [-0.39, 0.29) is 0 Å². The predicted octanol–water partition coefficient (Wildman–Crippen LogP) is -9.28. The minimum atomic E-state index is -4.87. The van der Waals surface area contributed by atoms with Gasteiger partial charge in [0.25, 0.3) is 10.1 Å². The number of hydrogen-bond acceptors (Lipinski definition) is 30. The lowest BCUT2D eigenvalue weighted by atomic mass is 9.95. The summed E-state index contributed by atoms with van der Waals surface area (Å²) in [5.74, 6) is 0. The lowest BCUT2D eigenvalue weighted by molar-refractivity contribution is -0.401. The SMILES string of the molecule is Cc1ccc(S(=O)(=O)OC2C3OC(CO)C(OC4OC(C)C(OC5OC(CO)C(OC6OC(CO)C(OC7OC(CO)C(OC8OC(C)C(O3)C(O)C8O)C(O)C7O)C(O)C6O)C(O)C5O)C(O)C4O)C2O)cc1. The highest BCUT2D eigenvalue weighted by molar-refractivity contribution is 7.86. The highest BCUT2D eigenvalue weighted by Gasteiger charge is 2.59. The second-order valence-corrected chi connectivity index (χ2v) is 20.7. The molecule has 0 spiro atoms. The summed E-state index contributed by atoms with van der Waals surface area (Å²) in [7, 11) is -4.87. The molecule has 30 unspecified atom stereocenters. The molecule has 0 amide bonds. The van der Waals surface area contributed by atoms with Crippen molar-refractivity contribution in [2.24, 2.45) is 0 Å². The molecule has 74 heavy (non-hydrogen) atoms. The maximum absolute atomic E-state index is 13.8. The monoisotopic (exact) mass is 1090 g/mol. The maximum Gasteiger partial charge on any atom is 0.297 e. The van der Waals surface area contributed by atoms with Crippen LogP contribution in [0.3, 0.4) is 0 Å². The number of ether oxygens (including phenoxy) is 12. The van der Waals surface area contributed by atoms with Crippen LogP contribution in [0.1, 0.15) is 19.4 Å². The number of hydrogen-bond donors (Lipinski definition) is 15. The summed E-state index contributed by atoms with van der Waals surface area (Å²) in [6, 6.07) is 5.29. The summed E-state index contributed by atoms with van der Waals surface area (Å²) >= 11 is 0. The second-order valence-electron chi connectivity index (χ2n) is 19.1. The minimum Gasteiger partial charge on any atom is -0.394 e. The van der Waals surface area contributed by atoms with E-state index in [2.05, 4.69) is 0 Å². The fraction of sp³-hybridized carbons (Fsp3) is 0.860. The van der Waals surface area contributed by atoms with Crippen LogP contribution in [0, 0.1) is 6.92 Å². The van der Waals surface area contributed by atoms with Crippen molar-refractivity contribution in [3.8, 4) is 0 Å². The molecule has 31 heteroatoms. The van der Waals surface area contributed by atoms with E-state index in [4.69, 9.17) is 61.0 Å². The van der Waals surface area contributed by atoms with Crippen molar-refractivity contribution in [3.05, 3.63) is 29.8 Å². The van der Waals surface area contributed by atoms with E-state index < -0.39 is 226 Å². The molecule has 12 bridgehead atoms. The largest absolute Gasteiger partial charge is 0.394 e. The van der Waals surface area contributed by atoms with Crippen LogP contribution in [-0.2, 0) is 71.1 Å². The zero-order chi connectivity index (χ0) is 53.8. The number of rotatable bonds is 7. The molecule has 22 aliphatic rings. The standard InChI is InChI=1S/C43H66O30S/c1-12-4-6-15(7-5-12)74(59,60)73-37-30(58)36-19(11-47)66-43(37)68-32-14(3)62-38(26(54)21(32)49)69-33-16(8-44)64-41(28(56)23(33)51)71-35-18(10-46)65-42(29(57)24(35)52)70-34-17(9-45)63-40(27(55)22(34)50)67-31-13(2)61-39(72-36)25(53)20(31)48/h4-7,13-14,16-58H,8-11H2,1-3H3. The van der Waals surface area contributed by atoms with E-state index in [0.717, 1.165) is 0 Å². The van der Waals surface area contributed by atoms with Gasteiger partial charge in [0, 0.05) is 0 Å². The summed E-state index contributed by atoms with van der Waals surface area (Å²) in [4.78, 5) is -0.407. The maximum atomic E-state index is 13.8. The molecule has 15 N–H and O–H groups in total. The first-order valence-electron chi connectivity index (χ1n) is 23.8. The van der Waals surface area contributed by atoms with Gasteiger partial charge in [0.1, 0.15) is 128 Å². The molecule has 22 heterocycles. The lowest BCUT2D eigenvalue weighted by Crippen LogP contribution is -2.68. The van der Waals surface area contributed by atoms with E-state index in [1.807, 2.05) is 0 Å². The van der Waals surface area contributed by atoms with Gasteiger partial charge in [0.2, 0.25) is 0 Å². The molecular weight excluding hydrogens is 1030 g/mol. The van der Waals surface area contributed by atoms with E-state index in [1.165, 1.54) is 38.1 Å².